The lowest BCUT2D eigenvalue weighted by molar-refractivity contribution is 0.897. The van der Waals surface area contributed by atoms with Crippen LogP contribution in [0.3, 0.4) is 0 Å². The normalized spacial score (nSPS) is 11.8. The standard InChI is InChI=1S/C14H15N5O/c1-10(8-12-6-4-3-5-7-12)9-15-18-14-16-13(20)11(2)17-19-14/h3-9H,1-2H3,(H2,16,18,19,20). The molecule has 20 heavy (non-hydrogen) atoms. The van der Waals surface area contributed by atoms with Crippen LogP contribution in [0.2, 0.25) is 0 Å². The maximum Gasteiger partial charge on any atom is 0.274 e. The van der Waals surface area contributed by atoms with Gasteiger partial charge in [-0.15, -0.1) is 10.2 Å². The number of hydrogen-bond donors (Lipinski definition) is 2. The Morgan fingerprint density at radius 1 is 1.30 bits per heavy atom. The highest BCUT2D eigenvalue weighted by Crippen LogP contribution is 2.04. The smallest absolute Gasteiger partial charge is 0.274 e. The number of benzene rings is 1. The van der Waals surface area contributed by atoms with Crippen molar-refractivity contribution < 1.29 is 0 Å². The quantitative estimate of drug-likeness (QED) is 0.656. The van der Waals surface area contributed by atoms with Gasteiger partial charge in [0, 0.05) is 0 Å². The lowest BCUT2D eigenvalue weighted by atomic mass is 10.1. The first-order chi connectivity index (χ1) is 9.65. The molecule has 102 valence electrons. The summed E-state index contributed by atoms with van der Waals surface area (Å²) in [4.78, 5) is 13.8. The van der Waals surface area contributed by atoms with Crippen LogP contribution in [0.1, 0.15) is 18.2 Å². The largest absolute Gasteiger partial charge is 0.288 e. The Labute approximate surface area is 116 Å². The number of rotatable bonds is 4. The van der Waals surface area contributed by atoms with Gasteiger partial charge in [-0.3, -0.25) is 9.78 Å². The van der Waals surface area contributed by atoms with Crippen LogP contribution in [-0.2, 0) is 0 Å². The van der Waals surface area contributed by atoms with Gasteiger partial charge in [0.2, 0.25) is 5.95 Å². The predicted molar refractivity (Wildman–Crippen MR) is 79.6 cm³/mol. The number of allylic oxidation sites excluding steroid dienone is 1. The van der Waals surface area contributed by atoms with E-state index in [9.17, 15) is 4.79 Å². The van der Waals surface area contributed by atoms with E-state index in [1.807, 2.05) is 43.3 Å². The van der Waals surface area contributed by atoms with Crippen LogP contribution < -0.4 is 11.0 Å². The van der Waals surface area contributed by atoms with E-state index in [0.29, 0.717) is 5.69 Å². The first-order valence-corrected chi connectivity index (χ1v) is 6.11. The average molecular weight is 269 g/mol. The zero-order valence-corrected chi connectivity index (χ0v) is 11.3. The SMILES string of the molecule is CC(C=NNc1nnc(C)c(=O)[nH]1)=Cc1ccccc1. The van der Waals surface area contributed by atoms with Crippen molar-refractivity contribution in [1.82, 2.24) is 15.2 Å². The molecule has 0 aliphatic heterocycles. The van der Waals surface area contributed by atoms with Gasteiger partial charge in [-0.05, 0) is 25.0 Å². The van der Waals surface area contributed by atoms with E-state index in [0.717, 1.165) is 11.1 Å². The minimum absolute atomic E-state index is 0.212. The number of H-pyrrole nitrogens is 1. The summed E-state index contributed by atoms with van der Waals surface area (Å²) < 4.78 is 0. The molecule has 0 unspecified atom stereocenters. The zero-order valence-electron chi connectivity index (χ0n) is 11.3. The highest BCUT2D eigenvalue weighted by Gasteiger charge is 1.97. The summed E-state index contributed by atoms with van der Waals surface area (Å²) in [6.07, 6.45) is 3.64. The molecule has 0 radical (unpaired) electrons. The summed E-state index contributed by atoms with van der Waals surface area (Å²) in [7, 11) is 0. The molecule has 0 spiro atoms. The van der Waals surface area contributed by atoms with Crippen LogP contribution >= 0.6 is 0 Å². The van der Waals surface area contributed by atoms with Crippen molar-refractivity contribution >= 4 is 18.2 Å². The summed E-state index contributed by atoms with van der Waals surface area (Å²) in [5.74, 6) is 0.212. The fourth-order valence-electron chi connectivity index (χ4n) is 1.49. The van der Waals surface area contributed by atoms with Crippen LogP contribution in [0.25, 0.3) is 6.08 Å². The van der Waals surface area contributed by atoms with Gasteiger partial charge in [0.1, 0.15) is 5.69 Å². The fraction of sp³-hybridized carbons (Fsp3) is 0.143. The topological polar surface area (TPSA) is 83.0 Å². The second kappa shape index (κ2) is 6.42. The van der Waals surface area contributed by atoms with E-state index >= 15 is 0 Å². The second-order valence-electron chi connectivity index (χ2n) is 4.26. The monoisotopic (exact) mass is 269 g/mol. The van der Waals surface area contributed by atoms with Crippen molar-refractivity contribution in [2.75, 3.05) is 5.43 Å². The predicted octanol–water partition coefficient (Wildman–Crippen LogP) is 1.97. The minimum Gasteiger partial charge on any atom is -0.288 e. The molecular weight excluding hydrogens is 254 g/mol. The number of aromatic nitrogens is 3. The van der Waals surface area contributed by atoms with Crippen LogP contribution in [-0.4, -0.2) is 21.4 Å². The van der Waals surface area contributed by atoms with Crippen LogP contribution in [0, 0.1) is 6.92 Å². The summed E-state index contributed by atoms with van der Waals surface area (Å²) >= 11 is 0. The van der Waals surface area contributed by atoms with Crippen LogP contribution in [0.5, 0.6) is 0 Å². The molecule has 2 aromatic rings. The van der Waals surface area contributed by atoms with Gasteiger partial charge < -0.3 is 0 Å². The minimum atomic E-state index is -0.283. The van der Waals surface area contributed by atoms with E-state index in [2.05, 4.69) is 25.7 Å². The lowest BCUT2D eigenvalue weighted by Gasteiger charge is -1.98. The molecule has 6 nitrogen and oxygen atoms in total. The first-order valence-electron chi connectivity index (χ1n) is 6.11. The van der Waals surface area contributed by atoms with Gasteiger partial charge in [0.15, 0.2) is 0 Å². The van der Waals surface area contributed by atoms with E-state index in [-0.39, 0.29) is 11.5 Å². The molecule has 0 aliphatic carbocycles. The Morgan fingerprint density at radius 2 is 2.05 bits per heavy atom. The number of aromatic amines is 1. The highest BCUT2D eigenvalue weighted by molar-refractivity contribution is 5.85. The third-order valence-electron chi connectivity index (χ3n) is 2.49. The van der Waals surface area contributed by atoms with Crippen molar-refractivity contribution in [3.8, 4) is 0 Å². The van der Waals surface area contributed by atoms with Crippen molar-refractivity contribution in [2.45, 2.75) is 13.8 Å². The highest BCUT2D eigenvalue weighted by atomic mass is 16.1. The fourth-order valence-corrected chi connectivity index (χ4v) is 1.49. The Balaban J connectivity index is 2.01. The van der Waals surface area contributed by atoms with Gasteiger partial charge >= 0.3 is 0 Å². The molecule has 1 heterocycles. The molecule has 2 N–H and O–H groups in total. The van der Waals surface area contributed by atoms with E-state index in [4.69, 9.17) is 0 Å². The van der Waals surface area contributed by atoms with E-state index in [1.54, 1.807) is 13.1 Å². The Bertz CT molecular complexity index is 688. The molecule has 1 aromatic carbocycles. The molecule has 1 aromatic heterocycles. The summed E-state index contributed by atoms with van der Waals surface area (Å²) in [5.41, 5.74) is 4.73. The molecule has 0 amide bonds. The van der Waals surface area contributed by atoms with Crippen molar-refractivity contribution in [3.05, 3.63) is 57.5 Å². The molecule has 0 saturated heterocycles. The molecule has 0 aliphatic rings. The Morgan fingerprint density at radius 3 is 2.75 bits per heavy atom. The van der Waals surface area contributed by atoms with Gasteiger partial charge in [0.05, 0.1) is 6.21 Å². The molecule has 6 heteroatoms. The third-order valence-corrected chi connectivity index (χ3v) is 2.49. The van der Waals surface area contributed by atoms with Gasteiger partial charge in [0.25, 0.3) is 5.56 Å². The summed E-state index contributed by atoms with van der Waals surface area (Å²) in [6.45, 7) is 3.52. The van der Waals surface area contributed by atoms with Crippen molar-refractivity contribution in [1.29, 1.82) is 0 Å². The molecule has 0 atom stereocenters. The van der Waals surface area contributed by atoms with E-state index < -0.39 is 0 Å². The number of hydrogen-bond acceptors (Lipinski definition) is 5. The number of hydrazone groups is 1. The molecular formula is C14H15N5O. The lowest BCUT2D eigenvalue weighted by Crippen LogP contribution is -2.15. The number of aryl methyl sites for hydroxylation is 1. The maximum atomic E-state index is 11.3. The summed E-state index contributed by atoms with van der Waals surface area (Å²) in [6, 6.07) is 9.93. The molecule has 2 rings (SSSR count). The van der Waals surface area contributed by atoms with E-state index in [1.165, 1.54) is 0 Å². The van der Waals surface area contributed by atoms with Gasteiger partial charge in [-0.2, -0.15) is 5.10 Å². The second-order valence-corrected chi connectivity index (χ2v) is 4.26. The molecule has 0 fully saturated rings. The average Bonchev–Trinajstić information content (AvgIpc) is 2.44. The van der Waals surface area contributed by atoms with Gasteiger partial charge in [-0.1, -0.05) is 36.4 Å². The van der Waals surface area contributed by atoms with Crippen molar-refractivity contribution in [3.63, 3.8) is 0 Å². The Hall–Kier alpha value is -2.76. The number of nitrogens with one attached hydrogen (secondary N) is 2. The van der Waals surface area contributed by atoms with Crippen LogP contribution in [0.15, 0.2) is 45.8 Å². The molecule has 0 bridgehead atoms. The van der Waals surface area contributed by atoms with Crippen molar-refractivity contribution in [2.24, 2.45) is 5.10 Å². The summed E-state index contributed by atoms with van der Waals surface area (Å²) in [5, 5.41) is 11.5. The van der Waals surface area contributed by atoms with Gasteiger partial charge in [-0.25, -0.2) is 5.43 Å². The first kappa shape index (κ1) is 13.7. The third kappa shape index (κ3) is 3.88. The van der Waals surface area contributed by atoms with Crippen LogP contribution in [0.4, 0.5) is 5.95 Å². The number of anilines is 1. The zero-order chi connectivity index (χ0) is 14.4. The Kier molecular flexibility index (Phi) is 4.39. The maximum absolute atomic E-state index is 11.3. The molecule has 0 saturated carbocycles. The number of nitrogens with zero attached hydrogens (tertiary/aromatic N) is 3.